The van der Waals surface area contributed by atoms with Gasteiger partial charge in [0.25, 0.3) is 0 Å². The normalized spacial score (nSPS) is 11.4. The van der Waals surface area contributed by atoms with E-state index in [1.165, 1.54) is 11.1 Å². The van der Waals surface area contributed by atoms with E-state index in [0.29, 0.717) is 23.1 Å². The lowest BCUT2D eigenvalue weighted by atomic mass is 9.96. The van der Waals surface area contributed by atoms with Gasteiger partial charge in [-0.15, -0.1) is 0 Å². The molecule has 0 amide bonds. The average molecular weight is 552 g/mol. The molecule has 0 spiro atoms. The van der Waals surface area contributed by atoms with Crippen LogP contribution in [0.4, 0.5) is 0 Å². The van der Waals surface area contributed by atoms with Crippen LogP contribution < -0.4 is 21.7 Å². The fourth-order valence-electron chi connectivity index (χ4n) is 3.19. The first-order valence-electron chi connectivity index (χ1n) is 11.4. The number of halogens is 2. The molecule has 2 atom stereocenters. The monoisotopic (exact) mass is 551 g/mol. The highest BCUT2D eigenvalue weighted by molar-refractivity contribution is 6.30. The second-order valence-electron chi connectivity index (χ2n) is 8.19. The lowest BCUT2D eigenvalue weighted by molar-refractivity contribution is -0.374. The SMILES string of the molecule is Cc1ccncc1C.O.[NH3+]C[C@H](CC(=O)[O-])c1ccc(Cl)cc1.[NH3+]C[C@H](CC(=O)[O-])c1ccc(Cl)cc1. The van der Waals surface area contributed by atoms with Crippen LogP contribution in [-0.4, -0.2) is 35.5 Å². The second kappa shape index (κ2) is 18.3. The molecule has 1 aromatic heterocycles. The summed E-state index contributed by atoms with van der Waals surface area (Å²) in [7, 11) is 0. The highest BCUT2D eigenvalue weighted by Gasteiger charge is 2.12. The Balaban J connectivity index is 0.000000538. The van der Waals surface area contributed by atoms with E-state index in [1.54, 1.807) is 24.3 Å². The van der Waals surface area contributed by atoms with Crippen LogP contribution in [0.15, 0.2) is 67.0 Å². The van der Waals surface area contributed by atoms with Crippen LogP contribution in [0.5, 0.6) is 0 Å². The maximum Gasteiger partial charge on any atom is 0.0813 e. The van der Waals surface area contributed by atoms with Crippen molar-refractivity contribution in [2.45, 2.75) is 38.5 Å². The molecule has 0 saturated carbocycles. The van der Waals surface area contributed by atoms with Crippen LogP contribution in [0.3, 0.4) is 0 Å². The fourth-order valence-corrected chi connectivity index (χ4v) is 3.44. The Morgan fingerprint density at radius 1 is 0.757 bits per heavy atom. The van der Waals surface area contributed by atoms with E-state index in [9.17, 15) is 19.8 Å². The number of carbonyl (C=O) groups is 2. The van der Waals surface area contributed by atoms with Crippen LogP contribution in [0.2, 0.25) is 10.0 Å². The molecule has 0 unspecified atom stereocenters. The van der Waals surface area contributed by atoms with Crippen molar-refractivity contribution < 1.29 is 36.7 Å². The maximum absolute atomic E-state index is 10.4. The molecule has 3 rings (SSSR count). The van der Waals surface area contributed by atoms with E-state index < -0.39 is 11.9 Å². The Hall–Kier alpha value is -3.01. The highest BCUT2D eigenvalue weighted by Crippen LogP contribution is 2.20. The quantitative estimate of drug-likeness (QED) is 0.412. The summed E-state index contributed by atoms with van der Waals surface area (Å²) in [6.07, 6.45) is 3.69. The Bertz CT molecular complexity index is 994. The topological polar surface area (TPSA) is 180 Å². The van der Waals surface area contributed by atoms with Gasteiger partial charge in [-0.05, 0) is 79.3 Å². The lowest BCUT2D eigenvalue weighted by Gasteiger charge is -2.13. The Morgan fingerprint density at radius 2 is 1.14 bits per heavy atom. The molecule has 0 aliphatic heterocycles. The Morgan fingerprint density at radius 3 is 1.38 bits per heavy atom. The van der Waals surface area contributed by atoms with Gasteiger partial charge in [-0.25, -0.2) is 0 Å². The van der Waals surface area contributed by atoms with E-state index in [4.69, 9.17) is 23.2 Å². The number of rotatable bonds is 8. The minimum Gasteiger partial charge on any atom is -0.550 e. The third-order valence-corrected chi connectivity index (χ3v) is 6.01. The molecule has 10 heteroatoms. The molecule has 0 radical (unpaired) electrons. The molecule has 202 valence electrons. The third-order valence-electron chi connectivity index (χ3n) is 5.51. The standard InChI is InChI=1S/2C10H12ClNO2.C7H9N.H2O/c2*11-9-3-1-7(2-4-9)8(6-12)5-10(13)14;1-6-3-4-8-5-7(6)2;/h2*1-4,8H,5-6,12H2,(H,13,14);3-5H,1-2H3;1H2/t2*8-;;/m00../s1. The molecule has 37 heavy (non-hydrogen) atoms. The number of aromatic nitrogens is 1. The molecule has 2 aromatic carbocycles. The van der Waals surface area contributed by atoms with Crippen LogP contribution in [0, 0.1) is 13.8 Å². The number of hydrogen-bond acceptors (Lipinski definition) is 5. The van der Waals surface area contributed by atoms with Gasteiger partial charge in [-0.3, -0.25) is 4.98 Å². The van der Waals surface area contributed by atoms with Crippen LogP contribution in [-0.2, 0) is 9.59 Å². The van der Waals surface area contributed by atoms with Crippen molar-refractivity contribution in [3.8, 4) is 0 Å². The molecule has 0 aliphatic rings. The minimum atomic E-state index is -1.05. The van der Waals surface area contributed by atoms with Gasteiger partial charge in [0.15, 0.2) is 0 Å². The van der Waals surface area contributed by atoms with E-state index in [1.807, 2.05) is 42.7 Å². The van der Waals surface area contributed by atoms with E-state index in [2.05, 4.69) is 30.3 Å². The number of nitrogens with zero attached hydrogens (tertiary/aromatic N) is 1. The number of hydrogen-bond donors (Lipinski definition) is 2. The van der Waals surface area contributed by atoms with Crippen LogP contribution >= 0.6 is 23.2 Å². The van der Waals surface area contributed by atoms with Gasteiger partial charge < -0.3 is 36.7 Å². The van der Waals surface area contributed by atoms with Crippen molar-refractivity contribution in [3.05, 3.63) is 99.3 Å². The predicted octanol–water partition coefficient (Wildman–Crippen LogP) is 0.485. The molecule has 0 fully saturated rings. The van der Waals surface area contributed by atoms with Crippen molar-refractivity contribution in [3.63, 3.8) is 0 Å². The van der Waals surface area contributed by atoms with Gasteiger partial charge >= 0.3 is 0 Å². The number of benzene rings is 2. The van der Waals surface area contributed by atoms with Crippen molar-refractivity contribution in [1.82, 2.24) is 4.98 Å². The van der Waals surface area contributed by atoms with Crippen molar-refractivity contribution in [2.75, 3.05) is 13.1 Å². The molecule has 0 bridgehead atoms. The van der Waals surface area contributed by atoms with Gasteiger partial charge in [0, 0.05) is 46.2 Å². The number of pyridine rings is 1. The summed E-state index contributed by atoms with van der Waals surface area (Å²) in [5.41, 5.74) is 11.9. The highest BCUT2D eigenvalue weighted by atomic mass is 35.5. The number of aliphatic carboxylic acids is 2. The number of aryl methyl sites for hydroxylation is 2. The molecule has 3 aromatic rings. The van der Waals surface area contributed by atoms with E-state index in [0.717, 1.165) is 11.1 Å². The first-order valence-corrected chi connectivity index (χ1v) is 12.2. The second-order valence-corrected chi connectivity index (χ2v) is 9.06. The maximum atomic E-state index is 10.4. The van der Waals surface area contributed by atoms with Gasteiger partial charge in [-0.2, -0.15) is 0 Å². The minimum absolute atomic E-state index is 0. The van der Waals surface area contributed by atoms with Crippen molar-refractivity contribution >= 4 is 35.1 Å². The average Bonchev–Trinajstić information content (AvgIpc) is 2.85. The van der Waals surface area contributed by atoms with Crippen molar-refractivity contribution in [1.29, 1.82) is 0 Å². The van der Waals surface area contributed by atoms with Crippen LogP contribution in [0.25, 0.3) is 0 Å². The first-order chi connectivity index (χ1) is 17.1. The summed E-state index contributed by atoms with van der Waals surface area (Å²) in [5.74, 6) is -2.27. The van der Waals surface area contributed by atoms with Gasteiger partial charge in [-0.1, -0.05) is 47.5 Å². The Labute approximate surface area is 227 Å². The summed E-state index contributed by atoms with van der Waals surface area (Å²) in [6, 6.07) is 16.3. The van der Waals surface area contributed by atoms with Crippen molar-refractivity contribution in [2.24, 2.45) is 0 Å². The summed E-state index contributed by atoms with van der Waals surface area (Å²) in [6.45, 7) is 5.21. The molecule has 8 nitrogen and oxygen atoms in total. The van der Waals surface area contributed by atoms with E-state index in [-0.39, 0.29) is 30.2 Å². The molecule has 0 saturated heterocycles. The zero-order chi connectivity index (χ0) is 27.1. The smallest absolute Gasteiger partial charge is 0.0813 e. The summed E-state index contributed by atoms with van der Waals surface area (Å²) >= 11 is 11.4. The lowest BCUT2D eigenvalue weighted by Crippen LogP contribution is -2.53. The molecule has 1 heterocycles. The van der Waals surface area contributed by atoms with Gasteiger partial charge in [0.1, 0.15) is 0 Å². The molecular formula is C27H35Cl2N3O5. The molecule has 0 aliphatic carbocycles. The summed E-state index contributed by atoms with van der Waals surface area (Å²) in [5, 5.41) is 22.2. The fraction of sp³-hybridized carbons (Fsp3) is 0.296. The third kappa shape index (κ3) is 13.8. The Kier molecular flexibility index (Phi) is 16.8. The largest absolute Gasteiger partial charge is 0.550 e. The molecular weight excluding hydrogens is 517 g/mol. The predicted molar refractivity (Wildman–Crippen MR) is 140 cm³/mol. The van der Waals surface area contributed by atoms with Gasteiger partial charge in [0.05, 0.1) is 13.1 Å². The number of carbonyl (C=O) groups excluding carboxylic acids is 2. The summed E-state index contributed by atoms with van der Waals surface area (Å²) in [4.78, 5) is 24.8. The van der Waals surface area contributed by atoms with Gasteiger partial charge in [0.2, 0.25) is 0 Å². The zero-order valence-corrected chi connectivity index (χ0v) is 22.6. The number of carboxylic acids is 2. The molecule has 8 N–H and O–H groups in total. The van der Waals surface area contributed by atoms with E-state index >= 15 is 0 Å². The van der Waals surface area contributed by atoms with Crippen LogP contribution in [0.1, 0.15) is 46.9 Å². The number of quaternary nitrogens is 2. The summed E-state index contributed by atoms with van der Waals surface area (Å²) < 4.78 is 0. The number of carboxylic acid groups (broad SMARTS) is 2. The first kappa shape index (κ1) is 34.0. The zero-order valence-electron chi connectivity index (χ0n) is 21.1.